The lowest BCUT2D eigenvalue weighted by atomic mass is 10.1. The fourth-order valence-corrected chi connectivity index (χ4v) is 2.45. The van der Waals surface area contributed by atoms with Gasteiger partial charge in [-0.3, -0.25) is 4.79 Å². The van der Waals surface area contributed by atoms with Gasteiger partial charge in [-0.15, -0.1) is 0 Å². The number of hydrogen-bond donors (Lipinski definition) is 2. The third kappa shape index (κ3) is 4.61. The molecule has 1 rings (SSSR count). The molecule has 1 unspecified atom stereocenters. The van der Waals surface area contributed by atoms with Crippen LogP contribution in [-0.2, 0) is 0 Å². The maximum atomic E-state index is 12.1. The molecule has 0 aliphatic carbocycles. The lowest BCUT2D eigenvalue weighted by molar-refractivity contribution is 0.0940. The number of anilines is 1. The predicted molar refractivity (Wildman–Crippen MR) is 80.1 cm³/mol. The molecule has 0 fully saturated rings. The summed E-state index contributed by atoms with van der Waals surface area (Å²) in [4.78, 5) is 12.1. The first kappa shape index (κ1) is 14.9. The highest BCUT2D eigenvalue weighted by atomic mass is 32.2. The van der Waals surface area contributed by atoms with Crippen molar-refractivity contribution in [2.45, 2.75) is 33.2 Å². The zero-order valence-corrected chi connectivity index (χ0v) is 12.1. The smallest absolute Gasteiger partial charge is 0.253 e. The Balaban J connectivity index is 2.56. The molecule has 0 aromatic heterocycles. The average Bonchev–Trinajstić information content (AvgIpc) is 2.32. The topological polar surface area (TPSA) is 55.1 Å². The second-order valence-corrected chi connectivity index (χ2v) is 5.84. The molecule has 1 atom stereocenters. The van der Waals surface area contributed by atoms with E-state index in [0.29, 0.717) is 11.3 Å². The quantitative estimate of drug-likeness (QED) is 0.615. The highest BCUT2D eigenvalue weighted by Gasteiger charge is 2.12. The molecular formula is C14H22N2OS. The summed E-state index contributed by atoms with van der Waals surface area (Å²) in [6.45, 7) is 6.12. The van der Waals surface area contributed by atoms with Gasteiger partial charge in [-0.1, -0.05) is 18.6 Å². The van der Waals surface area contributed by atoms with Crippen LogP contribution in [0.25, 0.3) is 0 Å². The van der Waals surface area contributed by atoms with Crippen LogP contribution < -0.4 is 11.1 Å². The number of nitrogens with one attached hydrogen (secondary N) is 1. The van der Waals surface area contributed by atoms with Crippen molar-refractivity contribution in [1.82, 2.24) is 5.32 Å². The first-order chi connectivity index (χ1) is 8.54. The summed E-state index contributed by atoms with van der Waals surface area (Å²) < 4.78 is 0. The molecule has 3 N–H and O–H groups in total. The van der Waals surface area contributed by atoms with Crippen molar-refractivity contribution in [3.05, 3.63) is 29.3 Å². The molecule has 0 saturated heterocycles. The molecule has 1 aromatic rings. The molecule has 0 spiro atoms. The zero-order valence-electron chi connectivity index (χ0n) is 11.3. The minimum atomic E-state index is -0.0785. The van der Waals surface area contributed by atoms with Crippen LogP contribution in [0.5, 0.6) is 0 Å². The maximum Gasteiger partial charge on any atom is 0.253 e. The Bertz CT molecular complexity index is 407. The molecule has 1 aromatic carbocycles. The molecule has 3 nitrogen and oxygen atoms in total. The largest absolute Gasteiger partial charge is 0.398 e. The van der Waals surface area contributed by atoms with E-state index in [1.54, 1.807) is 6.07 Å². The molecule has 0 saturated carbocycles. The van der Waals surface area contributed by atoms with E-state index in [9.17, 15) is 4.79 Å². The summed E-state index contributed by atoms with van der Waals surface area (Å²) >= 11 is 1.89. The summed E-state index contributed by atoms with van der Waals surface area (Å²) in [7, 11) is 0. The SMILES string of the molecule is CCSCCC(C)NC(=O)c1cc(C)ccc1N. The van der Waals surface area contributed by atoms with E-state index in [0.717, 1.165) is 23.5 Å². The minimum Gasteiger partial charge on any atom is -0.398 e. The van der Waals surface area contributed by atoms with Gasteiger partial charge in [0.1, 0.15) is 0 Å². The van der Waals surface area contributed by atoms with Gasteiger partial charge in [0.05, 0.1) is 5.56 Å². The van der Waals surface area contributed by atoms with E-state index in [1.807, 2.05) is 37.7 Å². The Hall–Kier alpha value is -1.16. The lowest BCUT2D eigenvalue weighted by Gasteiger charge is -2.14. The summed E-state index contributed by atoms with van der Waals surface area (Å²) in [5.41, 5.74) is 7.98. The van der Waals surface area contributed by atoms with Crippen LogP contribution >= 0.6 is 11.8 Å². The standard InChI is InChI=1S/C14H22N2OS/c1-4-18-8-7-11(3)16-14(17)12-9-10(2)5-6-13(12)15/h5-6,9,11H,4,7-8,15H2,1-3H3,(H,16,17). The van der Waals surface area contributed by atoms with Crippen molar-refractivity contribution in [2.75, 3.05) is 17.2 Å². The van der Waals surface area contributed by atoms with Gasteiger partial charge in [0, 0.05) is 11.7 Å². The van der Waals surface area contributed by atoms with Gasteiger partial charge in [0.15, 0.2) is 0 Å². The van der Waals surface area contributed by atoms with Crippen molar-refractivity contribution in [2.24, 2.45) is 0 Å². The van der Waals surface area contributed by atoms with Crippen LogP contribution in [0.3, 0.4) is 0 Å². The molecule has 4 heteroatoms. The minimum absolute atomic E-state index is 0.0785. The van der Waals surface area contributed by atoms with Gasteiger partial charge in [-0.05, 0) is 43.9 Å². The van der Waals surface area contributed by atoms with Gasteiger partial charge < -0.3 is 11.1 Å². The number of hydrogen-bond acceptors (Lipinski definition) is 3. The highest BCUT2D eigenvalue weighted by molar-refractivity contribution is 7.99. The van der Waals surface area contributed by atoms with E-state index in [2.05, 4.69) is 12.2 Å². The predicted octanol–water partition coefficient (Wildman–Crippen LogP) is 2.84. The number of amides is 1. The van der Waals surface area contributed by atoms with E-state index < -0.39 is 0 Å². The van der Waals surface area contributed by atoms with E-state index in [-0.39, 0.29) is 11.9 Å². The van der Waals surface area contributed by atoms with Crippen LogP contribution in [0.15, 0.2) is 18.2 Å². The molecular weight excluding hydrogens is 244 g/mol. The Morgan fingerprint density at radius 2 is 2.22 bits per heavy atom. The van der Waals surface area contributed by atoms with Crippen LogP contribution in [-0.4, -0.2) is 23.5 Å². The van der Waals surface area contributed by atoms with Crippen molar-refractivity contribution >= 4 is 23.4 Å². The number of nitrogen functional groups attached to an aromatic ring is 1. The molecule has 18 heavy (non-hydrogen) atoms. The fourth-order valence-electron chi connectivity index (χ4n) is 1.64. The molecule has 100 valence electrons. The summed E-state index contributed by atoms with van der Waals surface area (Å²) in [6.07, 6.45) is 0.982. The van der Waals surface area contributed by atoms with Crippen molar-refractivity contribution in [3.63, 3.8) is 0 Å². The van der Waals surface area contributed by atoms with Gasteiger partial charge in [0.2, 0.25) is 0 Å². The molecule has 0 aliphatic heterocycles. The first-order valence-electron chi connectivity index (χ1n) is 6.29. The Labute approximate surface area is 114 Å². The van der Waals surface area contributed by atoms with E-state index in [1.165, 1.54) is 0 Å². The second kappa shape index (κ2) is 7.31. The van der Waals surface area contributed by atoms with E-state index in [4.69, 9.17) is 5.73 Å². The zero-order chi connectivity index (χ0) is 13.5. The Kier molecular flexibility index (Phi) is 6.05. The molecule has 1 amide bonds. The maximum absolute atomic E-state index is 12.1. The molecule has 0 aliphatic rings. The number of nitrogens with two attached hydrogens (primary N) is 1. The van der Waals surface area contributed by atoms with E-state index >= 15 is 0 Å². The number of benzene rings is 1. The van der Waals surface area contributed by atoms with Crippen LogP contribution in [0, 0.1) is 6.92 Å². The molecule has 0 radical (unpaired) electrons. The molecule has 0 bridgehead atoms. The average molecular weight is 266 g/mol. The first-order valence-corrected chi connectivity index (χ1v) is 7.44. The van der Waals surface area contributed by atoms with Gasteiger partial charge in [-0.25, -0.2) is 0 Å². The van der Waals surface area contributed by atoms with Crippen LogP contribution in [0.1, 0.15) is 36.2 Å². The summed E-state index contributed by atoms with van der Waals surface area (Å²) in [5, 5.41) is 2.99. The monoisotopic (exact) mass is 266 g/mol. The number of carbonyl (C=O) groups excluding carboxylic acids is 1. The van der Waals surface area contributed by atoms with Gasteiger partial charge in [0.25, 0.3) is 5.91 Å². The third-order valence-corrected chi connectivity index (χ3v) is 3.66. The van der Waals surface area contributed by atoms with Crippen LogP contribution in [0.4, 0.5) is 5.69 Å². The normalized spacial score (nSPS) is 12.2. The van der Waals surface area contributed by atoms with Gasteiger partial charge in [-0.2, -0.15) is 11.8 Å². The second-order valence-electron chi connectivity index (χ2n) is 4.45. The Morgan fingerprint density at radius 3 is 2.89 bits per heavy atom. The third-order valence-electron chi connectivity index (χ3n) is 2.73. The lowest BCUT2D eigenvalue weighted by Crippen LogP contribution is -2.33. The van der Waals surface area contributed by atoms with Gasteiger partial charge >= 0.3 is 0 Å². The van der Waals surface area contributed by atoms with Crippen molar-refractivity contribution in [3.8, 4) is 0 Å². The summed E-state index contributed by atoms with van der Waals surface area (Å²) in [6, 6.07) is 5.70. The fraction of sp³-hybridized carbons (Fsp3) is 0.500. The number of thioether (sulfide) groups is 1. The number of rotatable bonds is 6. The number of carbonyl (C=O) groups is 1. The molecule has 0 heterocycles. The van der Waals surface area contributed by atoms with Crippen LogP contribution in [0.2, 0.25) is 0 Å². The number of aryl methyl sites for hydroxylation is 1. The van der Waals surface area contributed by atoms with Crippen molar-refractivity contribution in [1.29, 1.82) is 0 Å². The highest BCUT2D eigenvalue weighted by Crippen LogP contribution is 2.14. The van der Waals surface area contributed by atoms with Crippen molar-refractivity contribution < 1.29 is 4.79 Å². The Morgan fingerprint density at radius 1 is 1.50 bits per heavy atom. The summed E-state index contributed by atoms with van der Waals surface area (Å²) in [5.74, 6) is 2.11.